The van der Waals surface area contributed by atoms with Gasteiger partial charge < -0.3 is 9.80 Å². The third-order valence-electron chi connectivity index (χ3n) is 2.98. The van der Waals surface area contributed by atoms with Gasteiger partial charge >= 0.3 is 6.03 Å². The molecule has 1 aromatic heterocycles. The Bertz CT molecular complexity index is 467. The van der Waals surface area contributed by atoms with E-state index in [9.17, 15) is 9.59 Å². The molecule has 0 spiro atoms. The number of ketones is 1. The molecule has 1 aromatic rings. The monoisotopic (exact) mass is 252 g/mol. The van der Waals surface area contributed by atoms with Crippen molar-refractivity contribution in [1.29, 1.82) is 0 Å². The highest BCUT2D eigenvalue weighted by Crippen LogP contribution is 2.21. The molecule has 0 atom stereocenters. The van der Waals surface area contributed by atoms with Crippen LogP contribution in [0.2, 0.25) is 0 Å². The summed E-state index contributed by atoms with van der Waals surface area (Å²) in [6, 6.07) is 1.86. The van der Waals surface area contributed by atoms with Crippen molar-refractivity contribution in [2.75, 3.05) is 26.7 Å². The summed E-state index contributed by atoms with van der Waals surface area (Å²) in [6.45, 7) is 5.48. The van der Waals surface area contributed by atoms with E-state index in [0.717, 1.165) is 15.3 Å². The van der Waals surface area contributed by atoms with E-state index >= 15 is 0 Å². The molecule has 4 nitrogen and oxygen atoms in total. The minimum absolute atomic E-state index is 0.0375. The predicted molar refractivity (Wildman–Crippen MR) is 67.7 cm³/mol. The minimum atomic E-state index is -0.0528. The second kappa shape index (κ2) is 4.49. The van der Waals surface area contributed by atoms with Gasteiger partial charge in [0.05, 0.1) is 6.54 Å². The van der Waals surface area contributed by atoms with E-state index in [0.29, 0.717) is 13.1 Å². The van der Waals surface area contributed by atoms with Gasteiger partial charge in [-0.05, 0) is 19.9 Å². The zero-order valence-corrected chi connectivity index (χ0v) is 11.1. The number of thiophene rings is 1. The Kier molecular flexibility index (Phi) is 3.19. The van der Waals surface area contributed by atoms with Crippen molar-refractivity contribution in [2.24, 2.45) is 0 Å². The molecular weight excluding hydrogens is 236 g/mol. The van der Waals surface area contributed by atoms with Crippen LogP contribution in [0.25, 0.3) is 0 Å². The van der Waals surface area contributed by atoms with Crippen LogP contribution in [0.1, 0.15) is 20.1 Å². The fourth-order valence-corrected chi connectivity index (χ4v) is 2.96. The van der Waals surface area contributed by atoms with E-state index in [1.807, 2.05) is 19.9 Å². The molecule has 1 saturated heterocycles. The molecule has 17 heavy (non-hydrogen) atoms. The summed E-state index contributed by atoms with van der Waals surface area (Å²) in [7, 11) is 1.76. The van der Waals surface area contributed by atoms with Crippen molar-refractivity contribution in [3.05, 3.63) is 21.4 Å². The standard InChI is InChI=1S/C12H16N2O2S/c1-8-6-10(9(2)17-8)11(15)7-14-5-4-13(3)12(14)16/h6H,4-5,7H2,1-3H3. The van der Waals surface area contributed by atoms with Crippen LogP contribution in [0.4, 0.5) is 4.79 Å². The van der Waals surface area contributed by atoms with Crippen LogP contribution in [0.3, 0.4) is 0 Å². The number of nitrogens with zero attached hydrogens (tertiary/aromatic N) is 2. The van der Waals surface area contributed by atoms with Crippen LogP contribution in [-0.2, 0) is 0 Å². The van der Waals surface area contributed by atoms with Crippen LogP contribution in [0.15, 0.2) is 6.07 Å². The summed E-state index contributed by atoms with van der Waals surface area (Å²) in [4.78, 5) is 29.2. The van der Waals surface area contributed by atoms with Gasteiger partial charge in [-0.1, -0.05) is 0 Å². The van der Waals surface area contributed by atoms with Crippen molar-refractivity contribution in [3.63, 3.8) is 0 Å². The van der Waals surface area contributed by atoms with Crippen LogP contribution < -0.4 is 0 Å². The van der Waals surface area contributed by atoms with Crippen LogP contribution in [-0.4, -0.2) is 48.3 Å². The smallest absolute Gasteiger partial charge is 0.320 e. The van der Waals surface area contributed by atoms with Crippen LogP contribution in [0, 0.1) is 13.8 Å². The topological polar surface area (TPSA) is 40.6 Å². The first-order valence-corrected chi connectivity index (χ1v) is 6.41. The average molecular weight is 252 g/mol. The largest absolute Gasteiger partial charge is 0.326 e. The molecule has 0 aromatic carbocycles. The van der Waals surface area contributed by atoms with Crippen molar-refractivity contribution in [2.45, 2.75) is 13.8 Å². The SMILES string of the molecule is Cc1cc(C(=O)CN2CCN(C)C2=O)c(C)s1. The summed E-state index contributed by atoms with van der Waals surface area (Å²) in [5.74, 6) is 0.0375. The van der Waals surface area contributed by atoms with E-state index in [2.05, 4.69) is 0 Å². The van der Waals surface area contributed by atoms with Crippen molar-refractivity contribution < 1.29 is 9.59 Å². The molecule has 5 heteroatoms. The number of aryl methyl sites for hydroxylation is 2. The number of urea groups is 1. The summed E-state index contributed by atoms with van der Waals surface area (Å²) in [5, 5.41) is 0. The molecule has 0 aliphatic carbocycles. The molecule has 0 bridgehead atoms. The minimum Gasteiger partial charge on any atom is -0.326 e. The first kappa shape index (κ1) is 12.1. The van der Waals surface area contributed by atoms with Gasteiger partial charge in [0.25, 0.3) is 0 Å². The number of likely N-dealkylation sites (N-methyl/N-ethyl adjacent to an activating group) is 1. The molecule has 0 N–H and O–H groups in total. The van der Waals surface area contributed by atoms with Gasteiger partial charge in [0.15, 0.2) is 5.78 Å². The molecule has 2 rings (SSSR count). The number of rotatable bonds is 3. The number of carbonyl (C=O) groups excluding carboxylic acids is 2. The lowest BCUT2D eigenvalue weighted by atomic mass is 10.1. The van der Waals surface area contributed by atoms with Gasteiger partial charge in [-0.3, -0.25) is 4.79 Å². The third-order valence-corrected chi connectivity index (χ3v) is 3.94. The van der Waals surface area contributed by atoms with Gasteiger partial charge in [-0.2, -0.15) is 0 Å². The van der Waals surface area contributed by atoms with Crippen molar-refractivity contribution in [3.8, 4) is 0 Å². The van der Waals surface area contributed by atoms with Gasteiger partial charge in [0.2, 0.25) is 0 Å². The molecule has 0 saturated carbocycles. The highest BCUT2D eigenvalue weighted by atomic mass is 32.1. The first-order valence-electron chi connectivity index (χ1n) is 5.59. The van der Waals surface area contributed by atoms with Crippen LogP contribution >= 0.6 is 11.3 Å². The molecule has 92 valence electrons. The molecule has 1 aliphatic rings. The molecule has 1 aliphatic heterocycles. The van der Waals surface area contributed by atoms with E-state index in [-0.39, 0.29) is 18.4 Å². The van der Waals surface area contributed by atoms with Gasteiger partial charge in [-0.15, -0.1) is 11.3 Å². The van der Waals surface area contributed by atoms with E-state index in [4.69, 9.17) is 0 Å². The molecule has 2 heterocycles. The zero-order chi connectivity index (χ0) is 12.6. The Morgan fingerprint density at radius 2 is 2.12 bits per heavy atom. The fourth-order valence-electron chi connectivity index (χ4n) is 2.02. The third kappa shape index (κ3) is 2.34. The van der Waals surface area contributed by atoms with Crippen molar-refractivity contribution in [1.82, 2.24) is 9.80 Å². The predicted octanol–water partition coefficient (Wildman–Crippen LogP) is 1.92. The maximum absolute atomic E-state index is 12.1. The summed E-state index contributed by atoms with van der Waals surface area (Å²) >= 11 is 1.62. The Labute approximate surface area is 105 Å². The van der Waals surface area contributed by atoms with Gasteiger partial charge in [-0.25, -0.2) is 4.79 Å². The van der Waals surface area contributed by atoms with Crippen molar-refractivity contribution >= 4 is 23.2 Å². The van der Waals surface area contributed by atoms with Gasteiger partial charge in [0.1, 0.15) is 0 Å². The Hall–Kier alpha value is -1.36. The lowest BCUT2D eigenvalue weighted by Crippen LogP contribution is -2.33. The highest BCUT2D eigenvalue weighted by Gasteiger charge is 2.27. The Balaban J connectivity index is 2.07. The van der Waals surface area contributed by atoms with E-state index in [1.54, 1.807) is 28.2 Å². The van der Waals surface area contributed by atoms with Crippen LogP contribution in [0.5, 0.6) is 0 Å². The van der Waals surface area contributed by atoms with Gasteiger partial charge in [0, 0.05) is 35.5 Å². The maximum atomic E-state index is 12.1. The number of Topliss-reactive ketones (excluding diaryl/α,β-unsaturated/α-hetero) is 1. The van der Waals surface area contributed by atoms with E-state index in [1.165, 1.54) is 0 Å². The summed E-state index contributed by atoms with van der Waals surface area (Å²) < 4.78 is 0. The maximum Gasteiger partial charge on any atom is 0.320 e. The highest BCUT2D eigenvalue weighted by molar-refractivity contribution is 7.12. The molecule has 1 fully saturated rings. The second-order valence-corrected chi connectivity index (χ2v) is 5.84. The summed E-state index contributed by atoms with van der Waals surface area (Å²) in [5.41, 5.74) is 0.759. The zero-order valence-electron chi connectivity index (χ0n) is 10.3. The Morgan fingerprint density at radius 3 is 2.59 bits per heavy atom. The molecular formula is C12H16N2O2S. The Morgan fingerprint density at radius 1 is 1.41 bits per heavy atom. The molecule has 0 unspecified atom stereocenters. The van der Waals surface area contributed by atoms with E-state index < -0.39 is 0 Å². The fraction of sp³-hybridized carbons (Fsp3) is 0.500. The number of amides is 2. The number of hydrogen-bond donors (Lipinski definition) is 0. The average Bonchev–Trinajstić information content (AvgIpc) is 2.75. The number of carbonyl (C=O) groups is 2. The second-order valence-electron chi connectivity index (χ2n) is 4.38. The quantitative estimate of drug-likeness (QED) is 0.771. The first-order chi connectivity index (χ1) is 7.99. The number of hydrogen-bond acceptors (Lipinski definition) is 3. The molecule has 0 radical (unpaired) electrons. The molecule has 2 amide bonds. The lowest BCUT2D eigenvalue weighted by molar-refractivity contribution is 0.0952. The normalized spacial score (nSPS) is 15.8. The summed E-state index contributed by atoms with van der Waals surface area (Å²) in [6.07, 6.45) is 0. The lowest BCUT2D eigenvalue weighted by Gasteiger charge is -2.14.